The summed E-state index contributed by atoms with van der Waals surface area (Å²) in [4.78, 5) is 33.3. The number of anilines is 1. The number of hydrogen-bond donors (Lipinski definition) is 2. The Morgan fingerprint density at radius 3 is 2.35 bits per heavy atom. The maximum atomic E-state index is 11.6. The average molecular weight is 256 g/mol. The molecule has 6 heteroatoms. The van der Waals surface area contributed by atoms with Crippen molar-refractivity contribution in [2.45, 2.75) is 6.92 Å². The van der Waals surface area contributed by atoms with Crippen molar-refractivity contribution in [2.75, 3.05) is 5.32 Å². The van der Waals surface area contributed by atoms with E-state index in [-0.39, 0.29) is 10.7 Å². The fraction of sp³-hybridized carbons (Fsp3) is 0.182. The Morgan fingerprint density at radius 2 is 1.88 bits per heavy atom. The third-order valence-corrected chi connectivity index (χ3v) is 2.38. The normalized spacial score (nSPS) is 11.6. The molecule has 1 unspecified atom stereocenters. The van der Waals surface area contributed by atoms with E-state index in [4.69, 9.17) is 16.7 Å². The summed E-state index contributed by atoms with van der Waals surface area (Å²) in [5.74, 6) is -4.84. The number of benzene rings is 1. The van der Waals surface area contributed by atoms with Crippen molar-refractivity contribution in [1.82, 2.24) is 0 Å². The molecule has 1 aromatic carbocycles. The molecule has 1 amide bonds. The summed E-state index contributed by atoms with van der Waals surface area (Å²) < 4.78 is 0. The van der Waals surface area contributed by atoms with E-state index in [0.717, 1.165) is 6.92 Å². The van der Waals surface area contributed by atoms with Crippen LogP contribution in [0, 0.1) is 5.92 Å². The molecule has 0 heterocycles. The summed E-state index contributed by atoms with van der Waals surface area (Å²) in [5, 5.41) is 11.3. The third-order valence-electron chi connectivity index (χ3n) is 2.05. The summed E-state index contributed by atoms with van der Waals surface area (Å²) in [6, 6.07) is 6.35. The van der Waals surface area contributed by atoms with E-state index >= 15 is 0 Å². The van der Waals surface area contributed by atoms with Gasteiger partial charge in [0.15, 0.2) is 11.7 Å². The van der Waals surface area contributed by atoms with E-state index in [1.165, 1.54) is 6.07 Å². The molecule has 1 aromatic rings. The molecule has 0 radical (unpaired) electrons. The molecule has 0 aromatic heterocycles. The van der Waals surface area contributed by atoms with Gasteiger partial charge in [0.1, 0.15) is 0 Å². The van der Waals surface area contributed by atoms with Crippen LogP contribution in [0.3, 0.4) is 0 Å². The van der Waals surface area contributed by atoms with Crippen LogP contribution in [-0.4, -0.2) is 22.8 Å². The van der Waals surface area contributed by atoms with Crippen LogP contribution < -0.4 is 5.32 Å². The van der Waals surface area contributed by atoms with Crippen LogP contribution in [0.4, 0.5) is 5.69 Å². The molecule has 17 heavy (non-hydrogen) atoms. The second kappa shape index (κ2) is 5.45. The molecule has 5 nitrogen and oxygen atoms in total. The summed E-state index contributed by atoms with van der Waals surface area (Å²) in [7, 11) is 0. The standard InChI is InChI=1S/C11H10ClNO4/c1-6(14)9(11(16)17)10(15)13-8-5-3-2-4-7(8)12/h2-5,9H,1H3,(H,13,15)(H,16,17). The van der Waals surface area contributed by atoms with Crippen molar-refractivity contribution in [3.8, 4) is 0 Å². The number of Topliss-reactive ketones (excluding diaryl/α,β-unsaturated/α-hetero) is 1. The number of carboxylic acids is 1. The first kappa shape index (κ1) is 13.2. The van der Waals surface area contributed by atoms with Gasteiger partial charge in [-0.25, -0.2) is 0 Å². The molecule has 2 N–H and O–H groups in total. The number of ketones is 1. The van der Waals surface area contributed by atoms with Crippen LogP contribution in [-0.2, 0) is 14.4 Å². The fourth-order valence-corrected chi connectivity index (χ4v) is 1.42. The zero-order valence-electron chi connectivity index (χ0n) is 8.94. The molecule has 0 saturated carbocycles. The first-order chi connectivity index (χ1) is 7.93. The number of amides is 1. The minimum absolute atomic E-state index is 0.270. The molecule has 0 aliphatic carbocycles. The smallest absolute Gasteiger partial charge is 0.323 e. The molecule has 1 rings (SSSR count). The van der Waals surface area contributed by atoms with Crippen molar-refractivity contribution in [2.24, 2.45) is 5.92 Å². The summed E-state index contributed by atoms with van der Waals surface area (Å²) in [6.07, 6.45) is 0. The van der Waals surface area contributed by atoms with E-state index in [0.29, 0.717) is 0 Å². The molecule has 0 aliphatic heterocycles. The fourth-order valence-electron chi connectivity index (χ4n) is 1.24. The number of hydrogen-bond acceptors (Lipinski definition) is 3. The van der Waals surface area contributed by atoms with E-state index < -0.39 is 23.6 Å². The highest BCUT2D eigenvalue weighted by atomic mass is 35.5. The zero-order chi connectivity index (χ0) is 13.0. The van der Waals surface area contributed by atoms with Crippen LogP contribution in [0.15, 0.2) is 24.3 Å². The van der Waals surface area contributed by atoms with Crippen LogP contribution in [0.2, 0.25) is 5.02 Å². The van der Waals surface area contributed by atoms with E-state index in [1.807, 2.05) is 0 Å². The van der Waals surface area contributed by atoms with Gasteiger partial charge in [0.05, 0.1) is 10.7 Å². The van der Waals surface area contributed by atoms with Crippen molar-refractivity contribution < 1.29 is 19.5 Å². The topological polar surface area (TPSA) is 83.5 Å². The second-order valence-electron chi connectivity index (χ2n) is 3.35. The highest BCUT2D eigenvalue weighted by molar-refractivity contribution is 6.34. The predicted octanol–water partition coefficient (Wildman–Crippen LogP) is 1.57. The first-order valence-corrected chi connectivity index (χ1v) is 5.10. The van der Waals surface area contributed by atoms with Crippen LogP contribution in [0.5, 0.6) is 0 Å². The minimum atomic E-state index is -1.72. The molecular weight excluding hydrogens is 246 g/mol. The number of rotatable bonds is 4. The van der Waals surface area contributed by atoms with Gasteiger partial charge in [-0.05, 0) is 19.1 Å². The quantitative estimate of drug-likeness (QED) is 0.800. The number of nitrogens with one attached hydrogen (secondary N) is 1. The SMILES string of the molecule is CC(=O)C(C(=O)O)C(=O)Nc1ccccc1Cl. The third kappa shape index (κ3) is 3.29. The van der Waals surface area contributed by atoms with Crippen LogP contribution in [0.1, 0.15) is 6.92 Å². The molecule has 0 bridgehead atoms. The van der Waals surface area contributed by atoms with Crippen molar-refractivity contribution in [3.05, 3.63) is 29.3 Å². The first-order valence-electron chi connectivity index (χ1n) is 4.72. The van der Waals surface area contributed by atoms with Crippen LogP contribution in [0.25, 0.3) is 0 Å². The molecule has 0 saturated heterocycles. The second-order valence-corrected chi connectivity index (χ2v) is 3.76. The van der Waals surface area contributed by atoms with Gasteiger partial charge >= 0.3 is 5.97 Å². The van der Waals surface area contributed by atoms with Gasteiger partial charge < -0.3 is 10.4 Å². The van der Waals surface area contributed by atoms with Gasteiger partial charge in [-0.3, -0.25) is 14.4 Å². The Bertz CT molecular complexity index is 458. The lowest BCUT2D eigenvalue weighted by molar-refractivity contribution is -0.149. The number of aliphatic carboxylic acids is 1. The Hall–Kier alpha value is -1.88. The lowest BCUT2D eigenvalue weighted by Gasteiger charge is -2.10. The maximum Gasteiger partial charge on any atom is 0.323 e. The monoisotopic (exact) mass is 255 g/mol. The molecule has 90 valence electrons. The lowest BCUT2D eigenvalue weighted by Crippen LogP contribution is -2.34. The summed E-state index contributed by atoms with van der Waals surface area (Å²) in [6.45, 7) is 1.05. The highest BCUT2D eigenvalue weighted by Gasteiger charge is 2.31. The number of para-hydroxylation sites is 1. The number of halogens is 1. The molecular formula is C11H10ClNO4. The molecule has 0 fully saturated rings. The lowest BCUT2D eigenvalue weighted by atomic mass is 10.0. The zero-order valence-corrected chi connectivity index (χ0v) is 9.69. The Morgan fingerprint density at radius 1 is 1.29 bits per heavy atom. The van der Waals surface area contributed by atoms with Crippen molar-refractivity contribution >= 4 is 34.9 Å². The van der Waals surface area contributed by atoms with E-state index in [9.17, 15) is 14.4 Å². The van der Waals surface area contributed by atoms with E-state index in [1.54, 1.807) is 18.2 Å². The van der Waals surface area contributed by atoms with Crippen molar-refractivity contribution in [1.29, 1.82) is 0 Å². The van der Waals surface area contributed by atoms with Gasteiger partial charge in [0, 0.05) is 0 Å². The van der Waals surface area contributed by atoms with Crippen molar-refractivity contribution in [3.63, 3.8) is 0 Å². The van der Waals surface area contributed by atoms with Crippen LogP contribution >= 0.6 is 11.6 Å². The minimum Gasteiger partial charge on any atom is -0.480 e. The van der Waals surface area contributed by atoms with Gasteiger partial charge in [-0.2, -0.15) is 0 Å². The Balaban J connectivity index is 2.89. The van der Waals surface area contributed by atoms with Gasteiger partial charge in [-0.1, -0.05) is 23.7 Å². The Labute approximate surface area is 102 Å². The predicted molar refractivity (Wildman–Crippen MR) is 61.9 cm³/mol. The summed E-state index contributed by atoms with van der Waals surface area (Å²) >= 11 is 5.79. The molecule has 0 spiro atoms. The maximum absolute atomic E-state index is 11.6. The number of carbonyl (C=O) groups excluding carboxylic acids is 2. The number of carboxylic acid groups (broad SMARTS) is 1. The van der Waals surface area contributed by atoms with Gasteiger partial charge in [0.25, 0.3) is 0 Å². The van der Waals surface area contributed by atoms with Gasteiger partial charge in [-0.15, -0.1) is 0 Å². The van der Waals surface area contributed by atoms with E-state index in [2.05, 4.69) is 5.32 Å². The van der Waals surface area contributed by atoms with Gasteiger partial charge in [0.2, 0.25) is 5.91 Å². The highest BCUT2D eigenvalue weighted by Crippen LogP contribution is 2.21. The average Bonchev–Trinajstić information content (AvgIpc) is 2.20. The number of carbonyl (C=O) groups is 3. The molecule has 1 atom stereocenters. The Kier molecular flexibility index (Phi) is 4.23. The molecule has 0 aliphatic rings. The largest absolute Gasteiger partial charge is 0.480 e. The summed E-state index contributed by atoms with van der Waals surface area (Å²) in [5.41, 5.74) is 0.270.